The lowest BCUT2D eigenvalue weighted by Crippen LogP contribution is -2.52. The summed E-state index contributed by atoms with van der Waals surface area (Å²) in [5.74, 6) is -0.714. The highest BCUT2D eigenvalue weighted by molar-refractivity contribution is 6.30. The third-order valence-electron chi connectivity index (χ3n) is 7.26. The maximum atomic E-state index is 13.9. The van der Waals surface area contributed by atoms with Gasteiger partial charge >= 0.3 is 6.09 Å². The number of aromatic nitrogens is 3. The Labute approximate surface area is 232 Å². The summed E-state index contributed by atoms with van der Waals surface area (Å²) in [4.78, 5) is 43.4. The van der Waals surface area contributed by atoms with Gasteiger partial charge in [0.2, 0.25) is 5.91 Å². The average molecular weight is 547 g/mol. The average Bonchev–Trinajstić information content (AvgIpc) is 3.43. The predicted molar refractivity (Wildman–Crippen MR) is 152 cm³/mol. The van der Waals surface area contributed by atoms with Crippen LogP contribution in [-0.4, -0.2) is 80.6 Å². The maximum absolute atomic E-state index is 13.9. The first-order chi connectivity index (χ1) is 18.8. The first-order valence-electron chi connectivity index (χ1n) is 13.0. The number of carboxylic acid groups (broad SMARTS) is 1. The van der Waals surface area contributed by atoms with Crippen molar-refractivity contribution in [2.75, 3.05) is 37.6 Å². The van der Waals surface area contributed by atoms with Gasteiger partial charge in [-0.1, -0.05) is 29.8 Å². The van der Waals surface area contributed by atoms with E-state index in [0.29, 0.717) is 31.2 Å². The fourth-order valence-corrected chi connectivity index (χ4v) is 5.29. The Kier molecular flexibility index (Phi) is 7.70. The van der Waals surface area contributed by atoms with Crippen LogP contribution in [0.4, 0.5) is 10.5 Å². The lowest BCUT2D eigenvalue weighted by molar-refractivity contribution is -0.133. The van der Waals surface area contributed by atoms with Crippen LogP contribution < -0.4 is 4.90 Å². The van der Waals surface area contributed by atoms with Gasteiger partial charge in [0.15, 0.2) is 0 Å². The fourth-order valence-electron chi connectivity index (χ4n) is 5.17. The van der Waals surface area contributed by atoms with E-state index in [2.05, 4.69) is 19.9 Å². The van der Waals surface area contributed by atoms with Crippen LogP contribution in [-0.2, 0) is 4.79 Å². The number of carbonyl (C=O) groups excluding carboxylic acids is 1. The number of nitrogens with one attached hydrogen (secondary N) is 1. The number of benzene rings is 1. The molecule has 5 rings (SSSR count). The number of nitrogens with zero attached hydrogens (tertiary/aromatic N) is 5. The summed E-state index contributed by atoms with van der Waals surface area (Å²) in [6.45, 7) is 5.98. The molecule has 1 atom stereocenters. The maximum Gasteiger partial charge on any atom is 0.407 e. The van der Waals surface area contributed by atoms with Crippen molar-refractivity contribution in [1.82, 2.24) is 24.8 Å². The minimum atomic E-state index is -1.04. The Bertz CT molecular complexity index is 1450. The summed E-state index contributed by atoms with van der Waals surface area (Å²) in [7, 11) is 0. The second kappa shape index (κ2) is 11.3. The predicted octanol–water partition coefficient (Wildman–Crippen LogP) is 5.10. The molecule has 0 saturated carbocycles. The number of hydrogen-bond acceptors (Lipinski definition) is 5. The Morgan fingerprint density at radius 2 is 1.82 bits per heavy atom. The van der Waals surface area contributed by atoms with Gasteiger partial charge < -0.3 is 24.8 Å². The van der Waals surface area contributed by atoms with E-state index < -0.39 is 12.0 Å². The molecule has 0 spiro atoms. The van der Waals surface area contributed by atoms with Crippen molar-refractivity contribution in [3.63, 3.8) is 0 Å². The molecule has 2 amide bonds. The number of halogens is 1. The Balaban J connectivity index is 1.40. The molecule has 202 valence electrons. The molecule has 0 bridgehead atoms. The minimum absolute atomic E-state index is 0.0765. The van der Waals surface area contributed by atoms with Crippen molar-refractivity contribution >= 4 is 40.3 Å². The van der Waals surface area contributed by atoms with Crippen LogP contribution in [0.1, 0.15) is 25.3 Å². The van der Waals surface area contributed by atoms with Crippen molar-refractivity contribution in [3.8, 4) is 11.1 Å². The van der Waals surface area contributed by atoms with E-state index in [1.807, 2.05) is 55.5 Å². The van der Waals surface area contributed by atoms with Gasteiger partial charge in [-0.3, -0.25) is 9.78 Å². The van der Waals surface area contributed by atoms with Crippen molar-refractivity contribution < 1.29 is 14.7 Å². The fraction of sp³-hybridized carbons (Fsp3) is 0.310. The largest absolute Gasteiger partial charge is 0.465 e. The van der Waals surface area contributed by atoms with Crippen molar-refractivity contribution in [3.05, 3.63) is 77.8 Å². The van der Waals surface area contributed by atoms with Gasteiger partial charge in [0.1, 0.15) is 5.65 Å². The van der Waals surface area contributed by atoms with Gasteiger partial charge in [0, 0.05) is 85.1 Å². The molecule has 9 nitrogen and oxygen atoms in total. The molecular weight excluding hydrogens is 516 g/mol. The lowest BCUT2D eigenvalue weighted by Gasteiger charge is -2.39. The molecule has 0 aliphatic carbocycles. The van der Waals surface area contributed by atoms with E-state index in [1.54, 1.807) is 30.5 Å². The molecule has 1 fully saturated rings. The van der Waals surface area contributed by atoms with Crippen molar-refractivity contribution in [2.45, 2.75) is 25.8 Å². The number of fused-ring (bicyclic) bond motifs is 1. The molecule has 4 aromatic rings. The topological polar surface area (TPSA) is 106 Å². The molecule has 2 N–H and O–H groups in total. The molecule has 1 unspecified atom stereocenters. The smallest absolute Gasteiger partial charge is 0.407 e. The molecule has 1 aliphatic heterocycles. The zero-order valence-corrected chi connectivity index (χ0v) is 22.7. The monoisotopic (exact) mass is 546 g/mol. The molecule has 1 saturated heterocycles. The van der Waals surface area contributed by atoms with Gasteiger partial charge in [-0.05, 0) is 43.7 Å². The molecule has 39 heavy (non-hydrogen) atoms. The van der Waals surface area contributed by atoms with Gasteiger partial charge in [-0.25, -0.2) is 9.78 Å². The Morgan fingerprint density at radius 3 is 2.46 bits per heavy atom. The van der Waals surface area contributed by atoms with E-state index in [4.69, 9.17) is 11.6 Å². The number of anilines is 1. The second-order valence-electron chi connectivity index (χ2n) is 9.95. The molecular formula is C29H31ClN6O3. The van der Waals surface area contributed by atoms with Crippen LogP contribution in [0.15, 0.2) is 67.3 Å². The highest BCUT2D eigenvalue weighted by Crippen LogP contribution is 2.36. The van der Waals surface area contributed by atoms with Crippen LogP contribution in [0.5, 0.6) is 0 Å². The van der Waals surface area contributed by atoms with E-state index >= 15 is 0 Å². The highest BCUT2D eigenvalue weighted by Gasteiger charge is 2.33. The molecule has 0 radical (unpaired) electrons. The number of piperazine rings is 1. The summed E-state index contributed by atoms with van der Waals surface area (Å²) in [5, 5.41) is 11.4. The minimum Gasteiger partial charge on any atom is -0.465 e. The number of hydrogen-bond donors (Lipinski definition) is 2. The number of rotatable bonds is 7. The molecule has 3 aromatic heterocycles. The summed E-state index contributed by atoms with van der Waals surface area (Å²) in [6.07, 6.45) is 6.28. The number of aromatic amines is 1. The SMILES string of the molecule is CC(C)N(CC(C(=O)N1CCN(c2c(-c3cccnc3)cnc3[nH]ccc23)CC1)c1ccc(Cl)cc1)C(=O)O. The van der Waals surface area contributed by atoms with Crippen molar-refractivity contribution in [1.29, 1.82) is 0 Å². The summed E-state index contributed by atoms with van der Waals surface area (Å²) in [6, 6.07) is 12.8. The summed E-state index contributed by atoms with van der Waals surface area (Å²) < 4.78 is 0. The molecule has 1 aromatic carbocycles. The standard InChI is InChI=1S/C29H31ClN6O3/c1-19(2)36(29(38)39)18-25(20-5-7-22(30)8-6-20)28(37)35-14-12-34(13-15-35)26-23-9-11-32-27(23)33-17-24(26)21-4-3-10-31-16-21/h3-11,16-17,19,25H,12-15,18H2,1-2H3,(H,32,33)(H,38,39). The zero-order valence-electron chi connectivity index (χ0n) is 21.9. The zero-order chi connectivity index (χ0) is 27.5. The van der Waals surface area contributed by atoms with Gasteiger partial charge in [-0.15, -0.1) is 0 Å². The third-order valence-corrected chi connectivity index (χ3v) is 7.51. The van der Waals surface area contributed by atoms with E-state index in [9.17, 15) is 14.7 Å². The van der Waals surface area contributed by atoms with Gasteiger partial charge in [-0.2, -0.15) is 0 Å². The Morgan fingerprint density at radius 1 is 1.08 bits per heavy atom. The van der Waals surface area contributed by atoms with Gasteiger partial charge in [0.05, 0.1) is 11.6 Å². The molecule has 1 aliphatic rings. The lowest BCUT2D eigenvalue weighted by atomic mass is 9.96. The first-order valence-corrected chi connectivity index (χ1v) is 13.4. The Hall–Kier alpha value is -4.11. The second-order valence-corrected chi connectivity index (χ2v) is 10.4. The van der Waals surface area contributed by atoms with Crippen LogP contribution in [0.25, 0.3) is 22.2 Å². The number of carbonyl (C=O) groups is 2. The summed E-state index contributed by atoms with van der Waals surface area (Å²) in [5.41, 5.74) is 4.59. The first kappa shape index (κ1) is 26.5. The van der Waals surface area contributed by atoms with Gasteiger partial charge in [0.25, 0.3) is 0 Å². The third kappa shape index (κ3) is 5.54. The number of H-pyrrole nitrogens is 1. The van der Waals surface area contributed by atoms with Crippen LogP contribution in [0.2, 0.25) is 5.02 Å². The normalized spacial score (nSPS) is 14.6. The molecule has 4 heterocycles. The number of pyridine rings is 2. The van der Waals surface area contributed by atoms with E-state index in [-0.39, 0.29) is 18.5 Å². The van der Waals surface area contributed by atoms with Crippen LogP contribution in [0.3, 0.4) is 0 Å². The quantitative estimate of drug-likeness (QED) is 0.334. The number of amides is 2. The summed E-state index contributed by atoms with van der Waals surface area (Å²) >= 11 is 6.10. The van der Waals surface area contributed by atoms with E-state index in [0.717, 1.165) is 33.4 Å². The molecule has 10 heteroatoms. The van der Waals surface area contributed by atoms with Crippen molar-refractivity contribution in [2.24, 2.45) is 0 Å². The highest BCUT2D eigenvalue weighted by atomic mass is 35.5. The van der Waals surface area contributed by atoms with Crippen LogP contribution in [0, 0.1) is 0 Å². The van der Waals surface area contributed by atoms with Crippen LogP contribution >= 0.6 is 11.6 Å². The van der Waals surface area contributed by atoms with E-state index in [1.165, 1.54) is 4.90 Å².